The predicted molar refractivity (Wildman–Crippen MR) is 96.5 cm³/mol. The molecule has 1 aliphatic carbocycles. The summed E-state index contributed by atoms with van der Waals surface area (Å²) in [6.45, 7) is 1.89. The standard InChI is InChI=1S/C16H16Br2N2O2S/c1-11(15-4-2-3-9-19-15)20(13-6-7-13)23(21,22)16-8-5-12(17)10-14(16)18/h2-5,8-11,13H,6-7H2,1H3. The first-order valence-electron chi connectivity index (χ1n) is 7.31. The van der Waals surface area contributed by atoms with Crippen LogP contribution < -0.4 is 0 Å². The van der Waals surface area contributed by atoms with E-state index in [2.05, 4.69) is 36.8 Å². The number of benzene rings is 1. The van der Waals surface area contributed by atoms with Gasteiger partial charge < -0.3 is 0 Å². The molecule has 0 spiro atoms. The van der Waals surface area contributed by atoms with Gasteiger partial charge in [0, 0.05) is 21.2 Å². The molecule has 3 rings (SSSR count). The largest absolute Gasteiger partial charge is 0.260 e. The molecule has 0 N–H and O–H groups in total. The Labute approximate surface area is 153 Å². The lowest BCUT2D eigenvalue weighted by molar-refractivity contribution is 0.328. The van der Waals surface area contributed by atoms with Gasteiger partial charge in [0.05, 0.1) is 16.6 Å². The maximum Gasteiger partial charge on any atom is 0.245 e. The summed E-state index contributed by atoms with van der Waals surface area (Å²) in [6, 6.07) is 10.5. The van der Waals surface area contributed by atoms with E-state index in [1.54, 1.807) is 28.7 Å². The lowest BCUT2D eigenvalue weighted by Crippen LogP contribution is -2.36. The van der Waals surface area contributed by atoms with E-state index in [9.17, 15) is 8.42 Å². The van der Waals surface area contributed by atoms with Gasteiger partial charge in [0.25, 0.3) is 0 Å². The highest BCUT2D eigenvalue weighted by Gasteiger charge is 2.42. The normalized spacial score (nSPS) is 16.5. The molecular weight excluding hydrogens is 444 g/mol. The van der Waals surface area contributed by atoms with Crippen molar-refractivity contribution in [3.05, 3.63) is 57.2 Å². The topological polar surface area (TPSA) is 50.3 Å². The summed E-state index contributed by atoms with van der Waals surface area (Å²) in [4.78, 5) is 4.62. The van der Waals surface area contributed by atoms with Gasteiger partial charge in [0.1, 0.15) is 0 Å². The zero-order valence-electron chi connectivity index (χ0n) is 12.5. The molecule has 0 amide bonds. The Morgan fingerprint density at radius 1 is 1.22 bits per heavy atom. The second-order valence-electron chi connectivity index (χ2n) is 5.57. The van der Waals surface area contributed by atoms with Crippen molar-refractivity contribution in [3.8, 4) is 0 Å². The lowest BCUT2D eigenvalue weighted by atomic mass is 10.2. The molecular formula is C16H16Br2N2O2S. The van der Waals surface area contributed by atoms with E-state index in [1.807, 2.05) is 25.1 Å². The van der Waals surface area contributed by atoms with E-state index in [-0.39, 0.29) is 17.0 Å². The number of hydrogen-bond donors (Lipinski definition) is 0. The molecule has 0 aliphatic heterocycles. The fourth-order valence-electron chi connectivity index (χ4n) is 2.60. The summed E-state index contributed by atoms with van der Waals surface area (Å²) in [5.74, 6) is 0. The summed E-state index contributed by atoms with van der Waals surface area (Å²) < 4.78 is 29.4. The summed E-state index contributed by atoms with van der Waals surface area (Å²) in [7, 11) is -3.61. The second kappa shape index (κ2) is 6.63. The summed E-state index contributed by atoms with van der Waals surface area (Å²) in [5, 5.41) is 0. The van der Waals surface area contributed by atoms with Crippen LogP contribution >= 0.6 is 31.9 Å². The number of nitrogens with zero attached hydrogens (tertiary/aromatic N) is 2. The molecule has 4 nitrogen and oxygen atoms in total. The van der Waals surface area contributed by atoms with Crippen LogP contribution in [0, 0.1) is 0 Å². The highest BCUT2D eigenvalue weighted by Crippen LogP contribution is 2.40. The third kappa shape index (κ3) is 3.52. The average molecular weight is 460 g/mol. The first-order chi connectivity index (χ1) is 10.9. The van der Waals surface area contributed by atoms with Gasteiger partial charge in [-0.15, -0.1) is 0 Å². The van der Waals surface area contributed by atoms with Gasteiger partial charge in [-0.05, 0) is 66.0 Å². The Balaban J connectivity index is 2.04. The molecule has 2 aromatic rings. The van der Waals surface area contributed by atoms with Crippen LogP contribution in [0.15, 0.2) is 56.4 Å². The predicted octanol–water partition coefficient (Wildman–Crippen LogP) is 4.52. The molecule has 0 bridgehead atoms. The maximum absolute atomic E-state index is 13.2. The molecule has 1 aromatic carbocycles. The van der Waals surface area contributed by atoms with Crippen molar-refractivity contribution in [2.24, 2.45) is 0 Å². The molecule has 1 heterocycles. The molecule has 1 aromatic heterocycles. The first-order valence-corrected chi connectivity index (χ1v) is 10.3. The monoisotopic (exact) mass is 458 g/mol. The molecule has 1 atom stereocenters. The van der Waals surface area contributed by atoms with Crippen molar-refractivity contribution in [3.63, 3.8) is 0 Å². The van der Waals surface area contributed by atoms with Crippen LogP contribution in [0.3, 0.4) is 0 Å². The van der Waals surface area contributed by atoms with Crippen molar-refractivity contribution < 1.29 is 8.42 Å². The number of halogens is 2. The zero-order chi connectivity index (χ0) is 16.6. The minimum atomic E-state index is -3.61. The van der Waals surface area contributed by atoms with Gasteiger partial charge in [0.2, 0.25) is 10.0 Å². The number of hydrogen-bond acceptors (Lipinski definition) is 3. The van der Waals surface area contributed by atoms with Crippen LogP contribution in [0.1, 0.15) is 31.5 Å². The van der Waals surface area contributed by atoms with E-state index < -0.39 is 10.0 Å². The van der Waals surface area contributed by atoms with Crippen molar-refractivity contribution in [2.75, 3.05) is 0 Å². The van der Waals surface area contributed by atoms with Crippen LogP contribution in [0.2, 0.25) is 0 Å². The Morgan fingerprint density at radius 2 is 1.96 bits per heavy atom. The number of rotatable bonds is 5. The van der Waals surface area contributed by atoms with Gasteiger partial charge in [-0.2, -0.15) is 4.31 Å². The number of pyridine rings is 1. The van der Waals surface area contributed by atoms with Crippen molar-refractivity contribution in [1.29, 1.82) is 0 Å². The minimum Gasteiger partial charge on any atom is -0.260 e. The fourth-order valence-corrected chi connectivity index (χ4v) is 6.16. The molecule has 1 fully saturated rings. The van der Waals surface area contributed by atoms with Crippen molar-refractivity contribution in [1.82, 2.24) is 9.29 Å². The van der Waals surface area contributed by atoms with Crippen LogP contribution in [0.5, 0.6) is 0 Å². The van der Waals surface area contributed by atoms with E-state index in [0.29, 0.717) is 4.47 Å². The Bertz CT molecular complexity index is 808. The Kier molecular flexibility index (Phi) is 4.92. The van der Waals surface area contributed by atoms with Crippen LogP contribution in [0.25, 0.3) is 0 Å². The van der Waals surface area contributed by atoms with E-state index in [4.69, 9.17) is 0 Å². The molecule has 1 aliphatic rings. The third-order valence-corrected chi connectivity index (χ3v) is 7.35. The zero-order valence-corrected chi connectivity index (χ0v) is 16.5. The first kappa shape index (κ1) is 17.1. The summed E-state index contributed by atoms with van der Waals surface area (Å²) in [5.41, 5.74) is 0.760. The van der Waals surface area contributed by atoms with Gasteiger partial charge >= 0.3 is 0 Å². The summed E-state index contributed by atoms with van der Waals surface area (Å²) >= 11 is 6.73. The Hall–Kier alpha value is -0.760. The SMILES string of the molecule is CC(c1ccccn1)N(C1CC1)S(=O)(=O)c1ccc(Br)cc1Br. The molecule has 23 heavy (non-hydrogen) atoms. The van der Waals surface area contributed by atoms with Gasteiger partial charge in [0.15, 0.2) is 0 Å². The molecule has 1 unspecified atom stereocenters. The molecule has 0 radical (unpaired) electrons. The molecule has 0 saturated heterocycles. The van der Waals surface area contributed by atoms with Crippen molar-refractivity contribution in [2.45, 2.75) is 36.7 Å². The van der Waals surface area contributed by atoms with Crippen LogP contribution in [-0.2, 0) is 10.0 Å². The molecule has 7 heteroatoms. The highest BCUT2D eigenvalue weighted by molar-refractivity contribution is 9.11. The summed E-state index contributed by atoms with van der Waals surface area (Å²) in [6.07, 6.45) is 3.48. The van der Waals surface area contributed by atoms with E-state index >= 15 is 0 Å². The van der Waals surface area contributed by atoms with Gasteiger partial charge in [-0.1, -0.05) is 22.0 Å². The second-order valence-corrected chi connectivity index (χ2v) is 9.15. The highest BCUT2D eigenvalue weighted by atomic mass is 79.9. The van der Waals surface area contributed by atoms with E-state index in [1.165, 1.54) is 0 Å². The van der Waals surface area contributed by atoms with Crippen LogP contribution in [-0.4, -0.2) is 23.7 Å². The van der Waals surface area contributed by atoms with Gasteiger partial charge in [-0.25, -0.2) is 8.42 Å². The third-order valence-electron chi connectivity index (χ3n) is 3.85. The lowest BCUT2D eigenvalue weighted by Gasteiger charge is -2.28. The van der Waals surface area contributed by atoms with Crippen LogP contribution in [0.4, 0.5) is 0 Å². The average Bonchev–Trinajstić information content (AvgIpc) is 3.32. The maximum atomic E-state index is 13.2. The smallest absolute Gasteiger partial charge is 0.245 e. The van der Waals surface area contributed by atoms with Crippen molar-refractivity contribution >= 4 is 41.9 Å². The molecule has 122 valence electrons. The number of aromatic nitrogens is 1. The Morgan fingerprint density at radius 3 is 2.52 bits per heavy atom. The quantitative estimate of drug-likeness (QED) is 0.660. The van der Waals surface area contributed by atoms with Gasteiger partial charge in [-0.3, -0.25) is 4.98 Å². The number of sulfonamides is 1. The fraction of sp³-hybridized carbons (Fsp3) is 0.312. The minimum absolute atomic E-state index is 0.0487. The molecule has 1 saturated carbocycles. The van der Waals surface area contributed by atoms with E-state index in [0.717, 1.165) is 23.0 Å².